The average Bonchev–Trinajstić information content (AvgIpc) is 2.04. The Balaban J connectivity index is 4.25. The summed E-state index contributed by atoms with van der Waals surface area (Å²) >= 11 is 0. The minimum absolute atomic E-state index is 0.668. The van der Waals surface area contributed by atoms with Gasteiger partial charge in [0, 0.05) is 7.05 Å². The molecular weight excluding hydrogens is 164 g/mol. The van der Waals surface area contributed by atoms with Crippen LogP contribution in [0.3, 0.4) is 0 Å². The molecule has 0 saturated carbocycles. The van der Waals surface area contributed by atoms with Crippen molar-refractivity contribution in [2.75, 3.05) is 7.05 Å². The zero-order chi connectivity index (χ0) is 9.56. The molecule has 0 atom stereocenters. The van der Waals surface area contributed by atoms with Gasteiger partial charge in [-0.15, -0.1) is 0 Å². The highest BCUT2D eigenvalue weighted by molar-refractivity contribution is 6.44. The number of carbonyl (C=O) groups is 2. The second-order valence-electron chi connectivity index (χ2n) is 1.54. The van der Waals surface area contributed by atoms with Gasteiger partial charge in [-0.25, -0.2) is 4.79 Å². The van der Waals surface area contributed by atoms with E-state index < -0.39 is 17.7 Å². The summed E-state index contributed by atoms with van der Waals surface area (Å²) in [5, 5.41) is 13.1. The van der Waals surface area contributed by atoms with E-state index in [9.17, 15) is 9.59 Å². The van der Waals surface area contributed by atoms with Crippen LogP contribution >= 0.6 is 0 Å². The summed E-state index contributed by atoms with van der Waals surface area (Å²) in [6.07, 6.45) is -0.885. The number of oxime groups is 1. The van der Waals surface area contributed by atoms with Crippen molar-refractivity contribution in [2.24, 2.45) is 10.9 Å². The molecule has 0 aliphatic heterocycles. The Morgan fingerprint density at radius 1 is 1.67 bits per heavy atom. The monoisotopic (exact) mass is 170 g/mol. The number of primary amides is 1. The lowest BCUT2D eigenvalue weighted by Crippen LogP contribution is -2.24. The molecule has 0 aromatic carbocycles. The fourth-order valence-electron chi connectivity index (χ4n) is 0.253. The van der Waals surface area contributed by atoms with Crippen molar-refractivity contribution < 1.29 is 14.4 Å². The average molecular weight is 170 g/mol. The van der Waals surface area contributed by atoms with E-state index in [-0.39, 0.29) is 0 Å². The number of hydrogen-bond donors (Lipinski definition) is 2. The molecule has 7 nitrogen and oxygen atoms in total. The van der Waals surface area contributed by atoms with Crippen LogP contribution in [0, 0.1) is 11.3 Å². The lowest BCUT2D eigenvalue weighted by molar-refractivity contribution is -0.112. The highest BCUT2D eigenvalue weighted by Gasteiger charge is 2.07. The molecule has 0 fully saturated rings. The van der Waals surface area contributed by atoms with Crippen LogP contribution in [-0.2, 0) is 9.63 Å². The van der Waals surface area contributed by atoms with Gasteiger partial charge < -0.3 is 11.1 Å². The van der Waals surface area contributed by atoms with Gasteiger partial charge in [-0.05, 0) is 0 Å². The van der Waals surface area contributed by atoms with Crippen molar-refractivity contribution >= 4 is 17.7 Å². The zero-order valence-corrected chi connectivity index (χ0v) is 6.20. The van der Waals surface area contributed by atoms with Gasteiger partial charge in [0.25, 0.3) is 5.91 Å². The van der Waals surface area contributed by atoms with E-state index in [1.54, 1.807) is 0 Å². The molecule has 2 amide bonds. The van der Waals surface area contributed by atoms with Crippen LogP contribution in [0.4, 0.5) is 4.79 Å². The summed E-state index contributed by atoms with van der Waals surface area (Å²) in [6, 6.07) is 1.35. The number of carbonyl (C=O) groups excluding carboxylic acids is 2. The summed E-state index contributed by atoms with van der Waals surface area (Å²) in [7, 11) is 1.30. The van der Waals surface area contributed by atoms with Gasteiger partial charge in [0.15, 0.2) is 0 Å². The zero-order valence-electron chi connectivity index (χ0n) is 6.20. The summed E-state index contributed by atoms with van der Waals surface area (Å²) < 4.78 is 0. The predicted octanol–water partition coefficient (Wildman–Crippen LogP) is -1.29. The highest BCUT2D eigenvalue weighted by atomic mass is 16.7. The minimum atomic E-state index is -1.05. The Morgan fingerprint density at radius 3 is 2.58 bits per heavy atom. The Hall–Kier alpha value is -2.10. The van der Waals surface area contributed by atoms with Crippen LogP contribution < -0.4 is 11.1 Å². The number of nitrogens with two attached hydrogens (primary N) is 1. The number of amides is 2. The lowest BCUT2D eigenvalue weighted by atomic mass is 10.4. The molecule has 64 valence electrons. The van der Waals surface area contributed by atoms with Gasteiger partial charge in [0.2, 0.25) is 5.71 Å². The van der Waals surface area contributed by atoms with Crippen LogP contribution in [-0.4, -0.2) is 24.8 Å². The predicted molar refractivity (Wildman–Crippen MR) is 37.8 cm³/mol. The maximum atomic E-state index is 10.4. The molecule has 0 saturated heterocycles. The smallest absolute Gasteiger partial charge is 0.364 e. The molecule has 0 radical (unpaired) electrons. The third-order valence-electron chi connectivity index (χ3n) is 0.763. The maximum absolute atomic E-state index is 10.4. The second kappa shape index (κ2) is 4.68. The molecule has 0 aliphatic carbocycles. The third kappa shape index (κ3) is 3.17. The summed E-state index contributed by atoms with van der Waals surface area (Å²) in [5.74, 6) is -1.05. The van der Waals surface area contributed by atoms with Crippen LogP contribution in [0.25, 0.3) is 0 Å². The fraction of sp³-hybridized carbons (Fsp3) is 0.200. The molecule has 3 N–H and O–H groups in total. The topological polar surface area (TPSA) is 118 Å². The first-order chi connectivity index (χ1) is 5.61. The Labute approximate surface area is 67.8 Å². The van der Waals surface area contributed by atoms with Crippen LogP contribution in [0.2, 0.25) is 0 Å². The minimum Gasteiger partial charge on any atom is -0.364 e. The molecular formula is C5H6N4O3. The number of nitrogens with one attached hydrogen (secondary N) is 1. The van der Waals surface area contributed by atoms with Crippen molar-refractivity contribution in [2.45, 2.75) is 0 Å². The fourth-order valence-corrected chi connectivity index (χ4v) is 0.253. The van der Waals surface area contributed by atoms with Gasteiger partial charge >= 0.3 is 6.09 Å². The number of nitrogens with zero attached hydrogens (tertiary/aromatic N) is 2. The molecule has 0 aromatic heterocycles. The molecule has 0 heterocycles. The quantitative estimate of drug-likeness (QED) is 0.304. The van der Waals surface area contributed by atoms with E-state index in [1.807, 2.05) is 0 Å². The molecule has 0 unspecified atom stereocenters. The van der Waals surface area contributed by atoms with E-state index >= 15 is 0 Å². The molecule has 0 spiro atoms. The van der Waals surface area contributed by atoms with E-state index in [0.29, 0.717) is 0 Å². The van der Waals surface area contributed by atoms with E-state index in [4.69, 9.17) is 5.26 Å². The van der Waals surface area contributed by atoms with Gasteiger partial charge in [0.1, 0.15) is 6.07 Å². The van der Waals surface area contributed by atoms with Crippen molar-refractivity contribution in [1.29, 1.82) is 5.26 Å². The standard InChI is InChI=1S/C5H6N4O3/c1-8-5(11)12-9-3(2-6)4(7)10/h1H3,(H2,7,10)(H,8,11). The van der Waals surface area contributed by atoms with Gasteiger partial charge in [-0.2, -0.15) is 5.26 Å². The molecule has 0 aromatic rings. The SMILES string of the molecule is CNC(=O)ON=C(C#N)C(N)=O. The summed E-state index contributed by atoms with van der Waals surface area (Å²) in [5.41, 5.74) is 4.00. The second-order valence-corrected chi connectivity index (χ2v) is 1.54. The number of hydrogen-bond acceptors (Lipinski definition) is 5. The molecule has 7 heteroatoms. The normalized spacial score (nSPS) is 9.83. The van der Waals surface area contributed by atoms with Crippen molar-refractivity contribution in [3.63, 3.8) is 0 Å². The van der Waals surface area contributed by atoms with Gasteiger partial charge in [-0.3, -0.25) is 9.63 Å². The Morgan fingerprint density at radius 2 is 2.25 bits per heavy atom. The lowest BCUT2D eigenvalue weighted by Gasteiger charge is -1.93. The van der Waals surface area contributed by atoms with Gasteiger partial charge in [0.05, 0.1) is 0 Å². The molecule has 0 rings (SSSR count). The highest BCUT2D eigenvalue weighted by Crippen LogP contribution is 1.80. The van der Waals surface area contributed by atoms with E-state index in [0.717, 1.165) is 0 Å². The van der Waals surface area contributed by atoms with Crippen LogP contribution in [0.5, 0.6) is 0 Å². The first kappa shape index (κ1) is 9.90. The van der Waals surface area contributed by atoms with Gasteiger partial charge in [-0.1, -0.05) is 5.16 Å². The van der Waals surface area contributed by atoms with Crippen LogP contribution in [0.1, 0.15) is 0 Å². The Kier molecular flexibility index (Phi) is 3.86. The van der Waals surface area contributed by atoms with Crippen molar-refractivity contribution in [3.05, 3.63) is 0 Å². The molecule has 0 bridgehead atoms. The van der Waals surface area contributed by atoms with Crippen molar-refractivity contribution in [1.82, 2.24) is 5.32 Å². The summed E-state index contributed by atoms with van der Waals surface area (Å²) in [6.45, 7) is 0. The Bertz CT molecular complexity index is 264. The van der Waals surface area contributed by atoms with E-state index in [2.05, 4.69) is 21.0 Å². The third-order valence-corrected chi connectivity index (χ3v) is 0.763. The first-order valence-electron chi connectivity index (χ1n) is 2.78. The molecule has 0 aliphatic rings. The largest absolute Gasteiger partial charge is 0.433 e. The number of rotatable bonds is 2. The van der Waals surface area contributed by atoms with Crippen LogP contribution in [0.15, 0.2) is 5.16 Å². The summed E-state index contributed by atoms with van der Waals surface area (Å²) in [4.78, 5) is 24.7. The molecule has 12 heavy (non-hydrogen) atoms. The van der Waals surface area contributed by atoms with Crippen molar-refractivity contribution in [3.8, 4) is 6.07 Å². The maximum Gasteiger partial charge on any atom is 0.433 e. The number of nitriles is 1. The van der Waals surface area contributed by atoms with E-state index in [1.165, 1.54) is 13.1 Å². The first-order valence-corrected chi connectivity index (χ1v) is 2.78.